The maximum Gasteiger partial charge on any atom is 0.277 e. The van der Waals surface area contributed by atoms with Crippen LogP contribution in [0.15, 0.2) is 106 Å². The van der Waals surface area contributed by atoms with E-state index < -0.39 is 9.84 Å². The molecule has 5 rings (SSSR count). The predicted molar refractivity (Wildman–Crippen MR) is 134 cm³/mol. The van der Waals surface area contributed by atoms with Gasteiger partial charge in [0.2, 0.25) is 9.84 Å². The molecule has 2 aromatic heterocycles. The summed E-state index contributed by atoms with van der Waals surface area (Å²) in [5, 5.41) is -0.00633. The molecule has 0 fully saturated rings. The van der Waals surface area contributed by atoms with E-state index in [0.717, 1.165) is 11.1 Å². The molecule has 0 saturated carbocycles. The van der Waals surface area contributed by atoms with Crippen molar-refractivity contribution in [2.24, 2.45) is 0 Å². The number of aromatic nitrogens is 3. The Morgan fingerprint density at radius 2 is 1.60 bits per heavy atom. The first-order valence-corrected chi connectivity index (χ1v) is 12.5. The van der Waals surface area contributed by atoms with E-state index in [1.165, 1.54) is 21.5 Å². The van der Waals surface area contributed by atoms with Gasteiger partial charge in [0, 0.05) is 5.56 Å². The van der Waals surface area contributed by atoms with Crippen molar-refractivity contribution in [2.45, 2.75) is 23.4 Å². The lowest BCUT2D eigenvalue weighted by Crippen LogP contribution is -2.28. The number of rotatable bonds is 6. The van der Waals surface area contributed by atoms with Crippen molar-refractivity contribution in [1.82, 2.24) is 14.0 Å². The van der Waals surface area contributed by atoms with Crippen molar-refractivity contribution in [2.75, 3.05) is 7.11 Å². The summed E-state index contributed by atoms with van der Waals surface area (Å²) in [6.07, 6.45) is 2.78. The van der Waals surface area contributed by atoms with Crippen LogP contribution >= 0.6 is 0 Å². The first kappa shape index (κ1) is 22.6. The van der Waals surface area contributed by atoms with Crippen molar-refractivity contribution in [3.05, 3.63) is 113 Å². The minimum absolute atomic E-state index is 0.00633. The zero-order valence-electron chi connectivity index (χ0n) is 19.3. The fourth-order valence-electron chi connectivity index (χ4n) is 4.11. The lowest BCUT2D eigenvalue weighted by molar-refractivity contribution is 0.414. The monoisotopic (exact) mass is 485 g/mol. The average molecular weight is 486 g/mol. The van der Waals surface area contributed by atoms with Gasteiger partial charge in [0.25, 0.3) is 5.56 Å². The molecule has 7 nitrogen and oxygen atoms in total. The third-order valence-electron chi connectivity index (χ3n) is 5.93. The third kappa shape index (κ3) is 4.02. The van der Waals surface area contributed by atoms with Gasteiger partial charge in [0.1, 0.15) is 17.6 Å². The minimum atomic E-state index is -4.03. The molecule has 0 aliphatic heterocycles. The summed E-state index contributed by atoms with van der Waals surface area (Å²) in [5.41, 5.74) is 2.54. The van der Waals surface area contributed by atoms with E-state index in [4.69, 9.17) is 4.74 Å². The Bertz CT molecular complexity index is 1670. The Balaban J connectivity index is 1.85. The zero-order chi connectivity index (χ0) is 24.6. The Labute approximate surface area is 202 Å². The fourth-order valence-corrected chi connectivity index (χ4v) is 5.71. The van der Waals surface area contributed by atoms with Gasteiger partial charge in [0.15, 0.2) is 5.03 Å². The van der Waals surface area contributed by atoms with Gasteiger partial charge in [-0.05, 0) is 36.8 Å². The topological polar surface area (TPSA) is 82.7 Å². The zero-order valence-corrected chi connectivity index (χ0v) is 20.1. The van der Waals surface area contributed by atoms with Crippen LogP contribution in [-0.4, -0.2) is 29.5 Å². The number of methoxy groups -OCH3 is 1. The number of nitrogens with zero attached hydrogens (tertiary/aromatic N) is 3. The summed E-state index contributed by atoms with van der Waals surface area (Å²) in [7, 11) is -2.44. The van der Waals surface area contributed by atoms with Gasteiger partial charge in [0.05, 0.1) is 30.4 Å². The molecular formula is C27H23N3O4S. The van der Waals surface area contributed by atoms with Crippen LogP contribution in [0.3, 0.4) is 0 Å². The highest BCUT2D eigenvalue weighted by Crippen LogP contribution is 2.32. The van der Waals surface area contributed by atoms with Gasteiger partial charge in [-0.25, -0.2) is 13.4 Å². The molecule has 0 amide bonds. The highest BCUT2D eigenvalue weighted by molar-refractivity contribution is 7.91. The van der Waals surface area contributed by atoms with Gasteiger partial charge < -0.3 is 4.74 Å². The minimum Gasteiger partial charge on any atom is -0.497 e. The van der Waals surface area contributed by atoms with Crippen LogP contribution < -0.4 is 10.3 Å². The highest BCUT2D eigenvalue weighted by atomic mass is 32.2. The second kappa shape index (κ2) is 8.88. The van der Waals surface area contributed by atoms with Crippen molar-refractivity contribution in [3.8, 4) is 17.0 Å². The van der Waals surface area contributed by atoms with Crippen molar-refractivity contribution in [1.29, 1.82) is 0 Å². The molecule has 0 atom stereocenters. The molecular weight excluding hydrogens is 462 g/mol. The molecule has 0 spiro atoms. The Morgan fingerprint density at radius 3 is 2.26 bits per heavy atom. The normalized spacial score (nSPS) is 11.6. The Hall–Kier alpha value is -4.17. The lowest BCUT2D eigenvalue weighted by atomic mass is 10.1. The number of aryl methyl sites for hydroxylation is 1. The summed E-state index contributed by atoms with van der Waals surface area (Å²) in [6.45, 7) is 2.07. The summed E-state index contributed by atoms with van der Waals surface area (Å²) in [6, 6.07) is 23.1. The molecule has 35 heavy (non-hydrogen) atoms. The summed E-state index contributed by atoms with van der Waals surface area (Å²) >= 11 is 0. The Kier molecular flexibility index (Phi) is 5.74. The molecule has 0 saturated heterocycles. The van der Waals surface area contributed by atoms with E-state index in [0.29, 0.717) is 17.0 Å². The van der Waals surface area contributed by atoms with Crippen LogP contribution in [0.4, 0.5) is 0 Å². The van der Waals surface area contributed by atoms with Gasteiger partial charge in [-0.1, -0.05) is 60.2 Å². The van der Waals surface area contributed by atoms with Gasteiger partial charge in [-0.2, -0.15) is 0 Å². The van der Waals surface area contributed by atoms with Crippen LogP contribution in [-0.2, 0) is 16.4 Å². The van der Waals surface area contributed by atoms with Crippen LogP contribution in [0.5, 0.6) is 5.75 Å². The third-order valence-corrected chi connectivity index (χ3v) is 7.72. The standard InChI is InChI=1S/C27H23N3O4S/c1-19-8-14-23(15-9-19)35(32,33)27-25(21-6-4-3-5-7-21)29(26(31)24-16-28-18-30(24)27)17-20-10-12-22(34-2)13-11-20/h3-16,18H,17H2,1-2H3. The smallest absolute Gasteiger partial charge is 0.277 e. The van der Waals surface area contributed by atoms with E-state index in [2.05, 4.69) is 4.98 Å². The number of benzene rings is 3. The molecule has 0 unspecified atom stereocenters. The second-order valence-corrected chi connectivity index (χ2v) is 10.1. The molecule has 176 valence electrons. The molecule has 8 heteroatoms. The molecule has 0 aliphatic rings. The fraction of sp³-hybridized carbons (Fsp3) is 0.111. The largest absolute Gasteiger partial charge is 0.497 e. The van der Waals surface area contributed by atoms with Crippen molar-refractivity contribution in [3.63, 3.8) is 0 Å². The number of imidazole rings is 1. The molecule has 2 heterocycles. The van der Waals surface area contributed by atoms with Gasteiger partial charge in [-0.3, -0.25) is 13.8 Å². The van der Waals surface area contributed by atoms with Crippen molar-refractivity contribution >= 4 is 15.4 Å². The Morgan fingerprint density at radius 1 is 0.914 bits per heavy atom. The number of sulfone groups is 1. The number of ether oxygens (including phenoxy) is 1. The molecule has 0 aliphatic carbocycles. The van der Waals surface area contributed by atoms with E-state index >= 15 is 0 Å². The molecule has 3 aromatic carbocycles. The molecule has 0 bridgehead atoms. The number of hydrogen-bond donors (Lipinski definition) is 0. The van der Waals surface area contributed by atoms with Crippen LogP contribution in [0.1, 0.15) is 11.1 Å². The summed E-state index contributed by atoms with van der Waals surface area (Å²) in [4.78, 5) is 17.9. The lowest BCUT2D eigenvalue weighted by Gasteiger charge is -2.20. The number of hydrogen-bond acceptors (Lipinski definition) is 5. The van der Waals surface area contributed by atoms with E-state index in [9.17, 15) is 13.2 Å². The average Bonchev–Trinajstić information content (AvgIpc) is 3.36. The van der Waals surface area contributed by atoms with Crippen molar-refractivity contribution < 1.29 is 13.2 Å². The highest BCUT2D eigenvalue weighted by Gasteiger charge is 2.29. The summed E-state index contributed by atoms with van der Waals surface area (Å²) in [5.74, 6) is 0.693. The second-order valence-electron chi connectivity index (χ2n) is 8.22. The van der Waals surface area contributed by atoms with E-state index in [-0.39, 0.29) is 27.5 Å². The predicted octanol–water partition coefficient (Wildman–Crippen LogP) is 4.36. The molecule has 0 N–H and O–H groups in total. The van der Waals surface area contributed by atoms with Crippen LogP contribution in [0.25, 0.3) is 16.8 Å². The first-order valence-electron chi connectivity index (χ1n) is 11.0. The quantitative estimate of drug-likeness (QED) is 0.357. The van der Waals surface area contributed by atoms with Crippen LogP contribution in [0, 0.1) is 6.92 Å². The first-order chi connectivity index (χ1) is 16.9. The molecule has 0 radical (unpaired) electrons. The molecule has 5 aromatic rings. The summed E-state index contributed by atoms with van der Waals surface area (Å²) < 4.78 is 36.3. The SMILES string of the molecule is COc1ccc(Cn2c(-c3ccccc3)c(S(=O)(=O)c3ccc(C)cc3)n3cncc3c2=O)cc1. The van der Waals surface area contributed by atoms with E-state index in [1.807, 2.05) is 49.4 Å². The van der Waals surface area contributed by atoms with E-state index in [1.54, 1.807) is 43.5 Å². The number of fused-ring (bicyclic) bond motifs is 1. The van der Waals surface area contributed by atoms with Gasteiger partial charge in [-0.15, -0.1) is 0 Å². The maximum atomic E-state index is 14.1. The van der Waals surface area contributed by atoms with Crippen LogP contribution in [0.2, 0.25) is 0 Å². The maximum absolute atomic E-state index is 14.1. The van der Waals surface area contributed by atoms with Gasteiger partial charge >= 0.3 is 0 Å².